The first-order valence-corrected chi connectivity index (χ1v) is 10.2. The average Bonchev–Trinajstić information content (AvgIpc) is 2.99. The number of carbonyl (C=O) groups excluding carboxylic acids is 1. The molecular formula is C22H30O8. The first-order valence-electron chi connectivity index (χ1n) is 10.2. The fourth-order valence-corrected chi connectivity index (χ4v) is 4.34. The summed E-state index contributed by atoms with van der Waals surface area (Å²) in [5.41, 5.74) is -0.879. The minimum absolute atomic E-state index is 0.285. The van der Waals surface area contributed by atoms with Crippen LogP contribution in [0.1, 0.15) is 45.0 Å². The lowest BCUT2D eigenvalue weighted by molar-refractivity contribution is -0.344. The summed E-state index contributed by atoms with van der Waals surface area (Å²) in [5.74, 6) is -2.21. The van der Waals surface area contributed by atoms with Gasteiger partial charge in [0, 0.05) is 7.11 Å². The summed E-state index contributed by atoms with van der Waals surface area (Å²) in [4.78, 5) is 13.0. The summed E-state index contributed by atoms with van der Waals surface area (Å²) in [7, 11) is 1.50. The lowest BCUT2D eigenvalue weighted by atomic mass is 9.90. The van der Waals surface area contributed by atoms with Crippen LogP contribution >= 0.6 is 0 Å². The largest absolute Gasteiger partial charge is 0.447 e. The molecule has 30 heavy (non-hydrogen) atoms. The van der Waals surface area contributed by atoms with E-state index in [1.807, 2.05) is 33.8 Å². The van der Waals surface area contributed by atoms with Crippen molar-refractivity contribution in [2.24, 2.45) is 0 Å². The molecule has 166 valence electrons. The summed E-state index contributed by atoms with van der Waals surface area (Å²) in [6.07, 6.45) is -3.13. The Morgan fingerprint density at radius 2 is 1.63 bits per heavy atom. The number of ether oxygens (including phenoxy) is 7. The molecule has 3 saturated heterocycles. The van der Waals surface area contributed by atoms with Crippen LogP contribution in [0.4, 0.5) is 0 Å². The smallest absolute Gasteiger partial charge is 0.338 e. The van der Waals surface area contributed by atoms with Gasteiger partial charge in [-0.25, -0.2) is 4.79 Å². The second-order valence-electron chi connectivity index (χ2n) is 9.00. The molecular weight excluding hydrogens is 392 g/mol. The van der Waals surface area contributed by atoms with Gasteiger partial charge in [-0.15, -0.1) is 0 Å². The van der Waals surface area contributed by atoms with Crippen molar-refractivity contribution in [2.75, 3.05) is 13.7 Å². The number of hydrogen-bond acceptors (Lipinski definition) is 8. The fourth-order valence-electron chi connectivity index (χ4n) is 4.34. The number of esters is 1. The van der Waals surface area contributed by atoms with E-state index in [4.69, 9.17) is 33.2 Å². The van der Waals surface area contributed by atoms with Crippen LogP contribution in [-0.2, 0) is 33.2 Å². The van der Waals surface area contributed by atoms with Gasteiger partial charge in [0.1, 0.15) is 24.4 Å². The normalized spacial score (nSPS) is 39.5. The molecule has 0 radical (unpaired) electrons. The van der Waals surface area contributed by atoms with Gasteiger partial charge in [0.2, 0.25) is 0 Å². The van der Waals surface area contributed by atoms with E-state index in [9.17, 15) is 4.79 Å². The highest BCUT2D eigenvalue weighted by Crippen LogP contribution is 2.46. The van der Waals surface area contributed by atoms with Gasteiger partial charge in [-0.1, -0.05) is 18.2 Å². The number of hydrogen-bond donors (Lipinski definition) is 0. The lowest BCUT2D eigenvalue weighted by Gasteiger charge is -2.42. The maximum atomic E-state index is 13.0. The first kappa shape index (κ1) is 21.7. The van der Waals surface area contributed by atoms with Crippen LogP contribution in [0.3, 0.4) is 0 Å². The Labute approximate surface area is 176 Å². The van der Waals surface area contributed by atoms with Crippen LogP contribution in [0.2, 0.25) is 0 Å². The van der Waals surface area contributed by atoms with Crippen molar-refractivity contribution in [3.63, 3.8) is 0 Å². The Bertz CT molecular complexity index is 779. The van der Waals surface area contributed by atoms with Crippen LogP contribution in [0.15, 0.2) is 30.3 Å². The van der Waals surface area contributed by atoms with E-state index in [1.165, 1.54) is 7.11 Å². The van der Waals surface area contributed by atoms with E-state index < -0.39 is 53.9 Å². The molecule has 4 rings (SSSR count). The molecule has 8 nitrogen and oxygen atoms in total. The predicted octanol–water partition coefficient (Wildman–Crippen LogP) is 2.64. The quantitative estimate of drug-likeness (QED) is 0.688. The summed E-state index contributed by atoms with van der Waals surface area (Å²) < 4.78 is 42.4. The molecule has 0 aliphatic carbocycles. The highest BCUT2D eigenvalue weighted by Gasteiger charge is 2.64. The molecule has 0 aromatic heterocycles. The van der Waals surface area contributed by atoms with Gasteiger partial charge in [0.15, 0.2) is 23.5 Å². The number of fused-ring (bicyclic) bond motifs is 3. The van der Waals surface area contributed by atoms with Crippen LogP contribution in [0.5, 0.6) is 0 Å². The third-order valence-electron chi connectivity index (χ3n) is 5.70. The molecule has 0 saturated carbocycles. The van der Waals surface area contributed by atoms with Gasteiger partial charge in [-0.2, -0.15) is 0 Å². The van der Waals surface area contributed by atoms with E-state index in [0.717, 1.165) is 0 Å². The molecule has 8 heteroatoms. The zero-order chi connectivity index (χ0) is 21.7. The SMILES string of the molecule is CO[C@H]1OC2COC(C)(C)O[C@H]2C2OC(C)(C)O[C@@H]2[C@@]1(C)OC(=O)c1ccccc1. The van der Waals surface area contributed by atoms with Crippen molar-refractivity contribution in [3.05, 3.63) is 35.9 Å². The minimum Gasteiger partial charge on any atom is -0.447 e. The van der Waals surface area contributed by atoms with E-state index in [0.29, 0.717) is 5.56 Å². The maximum Gasteiger partial charge on any atom is 0.338 e. The van der Waals surface area contributed by atoms with Crippen molar-refractivity contribution in [1.82, 2.24) is 0 Å². The molecule has 2 unspecified atom stereocenters. The zero-order valence-corrected chi connectivity index (χ0v) is 18.2. The van der Waals surface area contributed by atoms with Gasteiger partial charge in [-0.3, -0.25) is 0 Å². The highest BCUT2D eigenvalue weighted by atomic mass is 16.8. The molecule has 0 spiro atoms. The summed E-state index contributed by atoms with van der Waals surface area (Å²) in [6.45, 7) is 9.35. The van der Waals surface area contributed by atoms with Gasteiger partial charge in [-0.05, 0) is 46.8 Å². The van der Waals surface area contributed by atoms with Gasteiger partial charge in [0.05, 0.1) is 12.2 Å². The van der Waals surface area contributed by atoms with Crippen LogP contribution in [-0.4, -0.2) is 67.6 Å². The highest BCUT2D eigenvalue weighted by molar-refractivity contribution is 5.89. The number of carbonyl (C=O) groups is 1. The fraction of sp³-hybridized carbons (Fsp3) is 0.682. The standard InChI is InChI=1S/C22H30O8/c1-20(2)25-12-14-15(27-20)16-17(29-21(3,4)28-16)22(5,19(24-6)26-14)30-18(23)13-10-8-7-9-11-13/h7-11,14-17,19H,12H2,1-6H3/t14?,15-,16?,17+,19+,22-/m1/s1. The summed E-state index contributed by atoms with van der Waals surface area (Å²) >= 11 is 0. The Morgan fingerprint density at radius 1 is 0.967 bits per heavy atom. The minimum atomic E-state index is -1.30. The molecule has 1 aromatic carbocycles. The molecule has 3 aliphatic rings. The van der Waals surface area contributed by atoms with E-state index in [1.54, 1.807) is 31.2 Å². The topological polar surface area (TPSA) is 81.7 Å². The Balaban J connectivity index is 1.72. The number of benzene rings is 1. The first-order chi connectivity index (χ1) is 14.0. The maximum absolute atomic E-state index is 13.0. The summed E-state index contributed by atoms with van der Waals surface area (Å²) in [5, 5.41) is 0. The van der Waals surface area contributed by atoms with Crippen molar-refractivity contribution in [1.29, 1.82) is 0 Å². The third kappa shape index (κ3) is 3.88. The van der Waals surface area contributed by atoms with E-state index >= 15 is 0 Å². The molecule has 0 amide bonds. The zero-order valence-electron chi connectivity index (χ0n) is 18.2. The molecule has 3 aliphatic heterocycles. The third-order valence-corrected chi connectivity index (χ3v) is 5.70. The molecule has 0 N–H and O–H groups in total. The second-order valence-corrected chi connectivity index (χ2v) is 9.00. The molecule has 0 bridgehead atoms. The van der Waals surface area contributed by atoms with Crippen molar-refractivity contribution in [3.8, 4) is 0 Å². The van der Waals surface area contributed by atoms with Crippen molar-refractivity contribution < 1.29 is 38.0 Å². The Hall–Kier alpha value is -1.55. The molecule has 3 heterocycles. The number of methoxy groups -OCH3 is 1. The van der Waals surface area contributed by atoms with Gasteiger partial charge in [0.25, 0.3) is 0 Å². The van der Waals surface area contributed by atoms with Crippen LogP contribution in [0.25, 0.3) is 0 Å². The second kappa shape index (κ2) is 7.55. The Kier molecular flexibility index (Phi) is 5.45. The van der Waals surface area contributed by atoms with Gasteiger partial charge < -0.3 is 33.2 Å². The molecule has 1 aromatic rings. The van der Waals surface area contributed by atoms with E-state index in [-0.39, 0.29) is 6.61 Å². The molecule has 6 atom stereocenters. The van der Waals surface area contributed by atoms with Crippen molar-refractivity contribution >= 4 is 5.97 Å². The lowest BCUT2D eigenvalue weighted by Crippen LogP contribution is -2.58. The van der Waals surface area contributed by atoms with Crippen LogP contribution < -0.4 is 0 Å². The van der Waals surface area contributed by atoms with Gasteiger partial charge >= 0.3 is 5.97 Å². The predicted molar refractivity (Wildman–Crippen MR) is 105 cm³/mol. The van der Waals surface area contributed by atoms with Crippen LogP contribution in [0, 0.1) is 0 Å². The van der Waals surface area contributed by atoms with Crippen molar-refractivity contribution in [2.45, 2.75) is 82.5 Å². The Morgan fingerprint density at radius 3 is 2.30 bits per heavy atom. The number of rotatable bonds is 3. The monoisotopic (exact) mass is 422 g/mol. The van der Waals surface area contributed by atoms with E-state index in [2.05, 4.69) is 0 Å². The summed E-state index contributed by atoms with van der Waals surface area (Å²) in [6, 6.07) is 8.77. The molecule has 3 fully saturated rings. The average molecular weight is 422 g/mol.